The summed E-state index contributed by atoms with van der Waals surface area (Å²) in [7, 11) is 0. The average molecular weight is 283 g/mol. The smallest absolute Gasteiger partial charge is 0.131 e. The van der Waals surface area contributed by atoms with E-state index in [2.05, 4.69) is 19.2 Å². The summed E-state index contributed by atoms with van der Waals surface area (Å²) in [5.41, 5.74) is 0.150. The van der Waals surface area contributed by atoms with Gasteiger partial charge in [0.05, 0.1) is 6.10 Å². The molecular weight excluding hydrogens is 260 g/mol. The van der Waals surface area contributed by atoms with E-state index < -0.39 is 17.7 Å². The van der Waals surface area contributed by atoms with Crippen LogP contribution in [0.3, 0.4) is 0 Å². The summed E-state index contributed by atoms with van der Waals surface area (Å²) < 4.78 is 26.4. The molecule has 0 bridgehead atoms. The molecule has 0 spiro atoms. The van der Waals surface area contributed by atoms with Gasteiger partial charge in [0, 0.05) is 24.2 Å². The normalized spacial score (nSPS) is 27.8. The molecule has 20 heavy (non-hydrogen) atoms. The van der Waals surface area contributed by atoms with Crippen LogP contribution in [0.2, 0.25) is 0 Å². The zero-order chi connectivity index (χ0) is 14.7. The van der Waals surface area contributed by atoms with Crippen molar-refractivity contribution in [3.05, 3.63) is 35.4 Å². The van der Waals surface area contributed by atoms with Crippen molar-refractivity contribution < 1.29 is 13.9 Å². The van der Waals surface area contributed by atoms with Crippen LogP contribution in [0.5, 0.6) is 0 Å². The zero-order valence-electron chi connectivity index (χ0n) is 12.1. The van der Waals surface area contributed by atoms with E-state index >= 15 is 0 Å². The van der Waals surface area contributed by atoms with Gasteiger partial charge in [0.1, 0.15) is 11.6 Å². The molecule has 1 aliphatic carbocycles. The third-order valence-electron chi connectivity index (χ3n) is 4.65. The van der Waals surface area contributed by atoms with E-state index in [4.69, 9.17) is 0 Å². The lowest BCUT2D eigenvalue weighted by Crippen LogP contribution is -2.35. The highest BCUT2D eigenvalue weighted by atomic mass is 19.1. The molecule has 1 aromatic carbocycles. The summed E-state index contributed by atoms with van der Waals surface area (Å²) in [5, 5.41) is 13.4. The van der Waals surface area contributed by atoms with Gasteiger partial charge >= 0.3 is 0 Å². The average Bonchev–Trinajstić information content (AvgIpc) is 2.76. The Bertz CT molecular complexity index is 452. The van der Waals surface area contributed by atoms with Crippen LogP contribution in [0, 0.1) is 23.5 Å². The molecule has 0 saturated heterocycles. The number of nitrogens with one attached hydrogen (secondary N) is 1. The first-order valence-corrected chi connectivity index (χ1v) is 7.39. The number of rotatable bonds is 5. The molecule has 0 radical (unpaired) electrons. The molecule has 0 aromatic heterocycles. The van der Waals surface area contributed by atoms with E-state index in [1.807, 2.05) is 0 Å². The van der Waals surface area contributed by atoms with Crippen LogP contribution in [-0.4, -0.2) is 17.7 Å². The minimum atomic E-state index is -0.941. The molecule has 2 nitrogen and oxygen atoms in total. The maximum absolute atomic E-state index is 13.6. The van der Waals surface area contributed by atoms with Crippen molar-refractivity contribution in [1.29, 1.82) is 0 Å². The third kappa shape index (κ3) is 3.36. The second-order valence-electron chi connectivity index (χ2n) is 5.80. The van der Waals surface area contributed by atoms with Crippen LogP contribution in [0.1, 0.15) is 44.8 Å². The largest absolute Gasteiger partial charge is 0.387 e. The first-order chi connectivity index (χ1) is 9.52. The molecule has 1 fully saturated rings. The number of halogens is 2. The Labute approximate surface area is 119 Å². The second-order valence-corrected chi connectivity index (χ2v) is 5.80. The number of hydrogen-bond acceptors (Lipinski definition) is 2. The van der Waals surface area contributed by atoms with Crippen molar-refractivity contribution >= 4 is 0 Å². The van der Waals surface area contributed by atoms with E-state index in [0.717, 1.165) is 18.4 Å². The quantitative estimate of drug-likeness (QED) is 0.868. The molecule has 2 N–H and O–H groups in total. The van der Waals surface area contributed by atoms with Gasteiger partial charge in [-0.1, -0.05) is 26.3 Å². The van der Waals surface area contributed by atoms with Gasteiger partial charge in [-0.25, -0.2) is 8.78 Å². The Morgan fingerprint density at radius 2 is 2.10 bits per heavy atom. The molecule has 1 saturated carbocycles. The van der Waals surface area contributed by atoms with E-state index in [1.54, 1.807) is 0 Å². The fraction of sp³-hybridized carbons (Fsp3) is 0.625. The van der Waals surface area contributed by atoms with Crippen LogP contribution in [0.25, 0.3) is 0 Å². The van der Waals surface area contributed by atoms with E-state index in [1.165, 1.54) is 25.0 Å². The van der Waals surface area contributed by atoms with Gasteiger partial charge in [0.2, 0.25) is 0 Å². The van der Waals surface area contributed by atoms with E-state index in [-0.39, 0.29) is 5.56 Å². The SMILES string of the molecule is CCC1CCC(NCC(O)c2ccc(F)cc2F)C1C. The van der Waals surface area contributed by atoms with Crippen LogP contribution in [-0.2, 0) is 0 Å². The van der Waals surface area contributed by atoms with Gasteiger partial charge in [0.15, 0.2) is 0 Å². The summed E-state index contributed by atoms with van der Waals surface area (Å²) in [6.45, 7) is 4.73. The molecule has 4 heteroatoms. The minimum Gasteiger partial charge on any atom is -0.387 e. The van der Waals surface area contributed by atoms with Gasteiger partial charge in [0.25, 0.3) is 0 Å². The van der Waals surface area contributed by atoms with Crippen molar-refractivity contribution in [1.82, 2.24) is 5.32 Å². The number of benzene rings is 1. The van der Waals surface area contributed by atoms with Crippen LogP contribution >= 0.6 is 0 Å². The van der Waals surface area contributed by atoms with E-state index in [9.17, 15) is 13.9 Å². The van der Waals surface area contributed by atoms with Gasteiger partial charge in [-0.05, 0) is 30.7 Å². The van der Waals surface area contributed by atoms with Gasteiger partial charge in [-0.2, -0.15) is 0 Å². The fourth-order valence-corrected chi connectivity index (χ4v) is 3.26. The van der Waals surface area contributed by atoms with Crippen molar-refractivity contribution in [3.8, 4) is 0 Å². The maximum Gasteiger partial charge on any atom is 0.131 e. The number of aliphatic hydroxyl groups excluding tert-OH is 1. The Morgan fingerprint density at radius 1 is 1.35 bits per heavy atom. The summed E-state index contributed by atoms with van der Waals surface area (Å²) in [4.78, 5) is 0. The second kappa shape index (κ2) is 6.64. The molecule has 1 aromatic rings. The standard InChI is InChI=1S/C16H23F2NO/c1-3-11-4-7-15(10(11)2)19-9-16(20)13-6-5-12(17)8-14(13)18/h5-6,8,10-11,15-16,19-20H,3-4,7,9H2,1-2H3. The molecule has 0 amide bonds. The molecule has 4 atom stereocenters. The summed E-state index contributed by atoms with van der Waals surface area (Å²) in [6, 6.07) is 3.67. The third-order valence-corrected chi connectivity index (χ3v) is 4.65. The van der Waals surface area contributed by atoms with Gasteiger partial charge < -0.3 is 10.4 Å². The Hall–Kier alpha value is -1.00. The molecule has 1 aliphatic rings. The predicted octanol–water partition coefficient (Wildman–Crippen LogP) is 3.41. The lowest BCUT2D eigenvalue weighted by molar-refractivity contribution is 0.161. The minimum absolute atomic E-state index is 0.150. The van der Waals surface area contributed by atoms with Crippen molar-refractivity contribution in [2.24, 2.45) is 11.8 Å². The Balaban J connectivity index is 1.91. The highest BCUT2D eigenvalue weighted by molar-refractivity contribution is 5.21. The first-order valence-electron chi connectivity index (χ1n) is 7.39. The zero-order valence-corrected chi connectivity index (χ0v) is 12.1. The Morgan fingerprint density at radius 3 is 2.70 bits per heavy atom. The van der Waals surface area contributed by atoms with Crippen molar-refractivity contribution in [2.75, 3.05) is 6.54 Å². The lowest BCUT2D eigenvalue weighted by atomic mass is 9.93. The van der Waals surface area contributed by atoms with E-state index in [0.29, 0.717) is 18.5 Å². The molecule has 2 rings (SSSR count). The molecular formula is C16H23F2NO. The van der Waals surface area contributed by atoms with Crippen LogP contribution in [0.4, 0.5) is 8.78 Å². The van der Waals surface area contributed by atoms with Crippen LogP contribution < -0.4 is 5.32 Å². The van der Waals surface area contributed by atoms with Gasteiger partial charge in [-0.3, -0.25) is 0 Å². The number of hydrogen-bond donors (Lipinski definition) is 2. The summed E-state index contributed by atoms with van der Waals surface area (Å²) >= 11 is 0. The molecule has 112 valence electrons. The van der Waals surface area contributed by atoms with Crippen LogP contribution in [0.15, 0.2) is 18.2 Å². The van der Waals surface area contributed by atoms with Crippen molar-refractivity contribution in [3.63, 3.8) is 0 Å². The monoisotopic (exact) mass is 283 g/mol. The lowest BCUT2D eigenvalue weighted by Gasteiger charge is -2.23. The summed E-state index contributed by atoms with van der Waals surface area (Å²) in [6.07, 6.45) is 2.53. The molecule has 4 unspecified atom stereocenters. The Kier molecular flexibility index (Phi) is 5.11. The highest BCUT2D eigenvalue weighted by Crippen LogP contribution is 2.34. The van der Waals surface area contributed by atoms with Gasteiger partial charge in [-0.15, -0.1) is 0 Å². The summed E-state index contributed by atoms with van der Waals surface area (Å²) in [5.74, 6) is -0.00992. The predicted molar refractivity (Wildman–Crippen MR) is 75.3 cm³/mol. The highest BCUT2D eigenvalue weighted by Gasteiger charge is 2.31. The van der Waals surface area contributed by atoms with Crippen molar-refractivity contribution in [2.45, 2.75) is 45.3 Å². The maximum atomic E-state index is 13.6. The topological polar surface area (TPSA) is 32.3 Å². The number of aliphatic hydroxyl groups is 1. The molecule has 0 heterocycles. The molecule has 0 aliphatic heterocycles. The first kappa shape index (κ1) is 15.4. The fourth-order valence-electron chi connectivity index (χ4n) is 3.26.